The van der Waals surface area contributed by atoms with Crippen molar-refractivity contribution in [2.45, 2.75) is 56.3 Å². The van der Waals surface area contributed by atoms with Gasteiger partial charge in [0.05, 0.1) is 0 Å². The van der Waals surface area contributed by atoms with Gasteiger partial charge < -0.3 is 4.55 Å². The van der Waals surface area contributed by atoms with Crippen molar-refractivity contribution in [3.8, 4) is 0 Å². The van der Waals surface area contributed by atoms with E-state index in [0.29, 0.717) is 23.5 Å². The van der Waals surface area contributed by atoms with Crippen molar-refractivity contribution in [3.05, 3.63) is 29.3 Å². The van der Waals surface area contributed by atoms with E-state index in [1.165, 1.54) is 17.5 Å². The predicted octanol–water partition coefficient (Wildman–Crippen LogP) is 3.85. The van der Waals surface area contributed by atoms with Gasteiger partial charge in [0.15, 0.2) is 4.90 Å². The molecule has 5 atom stereocenters. The maximum absolute atomic E-state index is 12.3. The summed E-state index contributed by atoms with van der Waals surface area (Å²) in [4.78, 5) is 13.3. The molecule has 4 rings (SSSR count). The molecule has 118 valence electrons. The molecule has 0 saturated heterocycles. The number of Topliss-reactive ketones (excluding diaryl/α,β-unsaturated/α-hetero) is 1. The predicted molar refractivity (Wildman–Crippen MR) is 88.4 cm³/mol. The van der Waals surface area contributed by atoms with Gasteiger partial charge in [-0.2, -0.15) is 0 Å². The van der Waals surface area contributed by atoms with Crippen LogP contribution in [0.15, 0.2) is 23.1 Å². The van der Waals surface area contributed by atoms with Gasteiger partial charge >= 0.3 is 0 Å². The zero-order valence-electron chi connectivity index (χ0n) is 13.4. The van der Waals surface area contributed by atoms with Gasteiger partial charge in [-0.1, -0.05) is 13.0 Å². The minimum absolute atomic E-state index is 0.0382. The van der Waals surface area contributed by atoms with Gasteiger partial charge in [0.1, 0.15) is 12.0 Å². The Morgan fingerprint density at radius 1 is 1.23 bits per heavy atom. The molecule has 0 N–H and O–H groups in total. The van der Waals surface area contributed by atoms with Crippen molar-refractivity contribution in [1.29, 1.82) is 0 Å². The van der Waals surface area contributed by atoms with Crippen LogP contribution in [0, 0.1) is 17.3 Å². The topological polar surface area (TPSA) is 40.1 Å². The Morgan fingerprint density at radius 3 is 2.82 bits per heavy atom. The summed E-state index contributed by atoms with van der Waals surface area (Å²) in [5.74, 6) is 2.40. The van der Waals surface area contributed by atoms with Crippen LogP contribution in [0.5, 0.6) is 0 Å². The van der Waals surface area contributed by atoms with E-state index in [0.717, 1.165) is 37.0 Å². The highest BCUT2D eigenvalue weighted by Crippen LogP contribution is 2.59. The van der Waals surface area contributed by atoms with Crippen molar-refractivity contribution in [2.75, 3.05) is 6.26 Å². The monoisotopic (exact) mass is 316 g/mol. The van der Waals surface area contributed by atoms with Crippen LogP contribution in [0.25, 0.3) is 0 Å². The Hall–Kier alpha value is -0.800. The standard InChI is InChI=1S/C19H24O2S/c1-19-10-9-15-14-6-4-13(22(2)21)11-12(14)3-5-16(15)17(19)7-8-18(19)20/h4,6,11,15-17H,3,5,7-10H2,1-2H3/t15-,16-,17+,19+,22?/m1/s1. The van der Waals surface area contributed by atoms with Gasteiger partial charge in [-0.3, -0.25) is 4.79 Å². The Morgan fingerprint density at radius 2 is 2.05 bits per heavy atom. The van der Waals surface area contributed by atoms with E-state index in [4.69, 9.17) is 0 Å². The second-order valence-electron chi connectivity index (χ2n) is 7.65. The smallest absolute Gasteiger partial charge is 0.152 e. The van der Waals surface area contributed by atoms with Crippen LogP contribution >= 0.6 is 0 Å². The highest BCUT2D eigenvalue weighted by Gasteiger charge is 2.54. The van der Waals surface area contributed by atoms with Crippen LogP contribution in [0.4, 0.5) is 0 Å². The average molecular weight is 316 g/mol. The van der Waals surface area contributed by atoms with Gasteiger partial charge in [0.25, 0.3) is 0 Å². The number of hydrogen-bond acceptors (Lipinski definition) is 2. The van der Waals surface area contributed by atoms with Crippen LogP contribution in [-0.4, -0.2) is 16.6 Å². The highest BCUT2D eigenvalue weighted by molar-refractivity contribution is 7.90. The Bertz CT molecular complexity index is 624. The fourth-order valence-corrected chi connectivity index (χ4v) is 6.08. The van der Waals surface area contributed by atoms with Gasteiger partial charge in [0.2, 0.25) is 0 Å². The largest absolute Gasteiger partial charge is 0.612 e. The molecule has 22 heavy (non-hydrogen) atoms. The first-order valence-electron chi connectivity index (χ1n) is 8.50. The molecule has 3 heteroatoms. The second-order valence-corrected chi connectivity index (χ2v) is 9.03. The van der Waals surface area contributed by atoms with Crippen molar-refractivity contribution in [1.82, 2.24) is 0 Å². The molecule has 2 nitrogen and oxygen atoms in total. The van der Waals surface area contributed by atoms with Crippen LogP contribution in [0.2, 0.25) is 0 Å². The molecule has 0 heterocycles. The molecule has 1 unspecified atom stereocenters. The summed E-state index contributed by atoms with van der Waals surface area (Å²) in [6.07, 6.45) is 8.13. The minimum Gasteiger partial charge on any atom is -0.612 e. The van der Waals surface area contributed by atoms with Crippen molar-refractivity contribution in [2.24, 2.45) is 17.3 Å². The number of carbonyl (C=O) groups excluding carboxylic acids is 1. The minimum atomic E-state index is -0.897. The molecule has 0 aliphatic heterocycles. The summed E-state index contributed by atoms with van der Waals surface area (Å²) in [6.45, 7) is 2.22. The number of rotatable bonds is 1. The molecule has 1 aromatic rings. The molecule has 0 spiro atoms. The summed E-state index contributed by atoms with van der Waals surface area (Å²) in [5, 5.41) is 0. The Labute approximate surface area is 135 Å². The SMILES string of the molecule is C[S+]([O-])c1ccc2c(c1)CC[C@@H]1[C@@H]2CC[C@]2(C)C(=O)CC[C@@H]12. The quantitative estimate of drug-likeness (QED) is 0.738. The summed E-state index contributed by atoms with van der Waals surface area (Å²) < 4.78 is 11.7. The summed E-state index contributed by atoms with van der Waals surface area (Å²) in [6, 6.07) is 6.43. The molecule has 0 bridgehead atoms. The summed E-state index contributed by atoms with van der Waals surface area (Å²) in [7, 11) is 0. The zero-order chi connectivity index (χ0) is 15.5. The molecular formula is C19H24O2S. The normalized spacial score (nSPS) is 38.1. The first-order valence-corrected chi connectivity index (χ1v) is 10.1. The lowest BCUT2D eigenvalue weighted by molar-refractivity contribution is -0.129. The maximum atomic E-state index is 12.3. The van der Waals surface area contributed by atoms with E-state index in [-0.39, 0.29) is 5.41 Å². The third kappa shape index (κ3) is 2.01. The fraction of sp³-hybridized carbons (Fsp3) is 0.632. The van der Waals surface area contributed by atoms with E-state index in [2.05, 4.69) is 19.1 Å². The van der Waals surface area contributed by atoms with Crippen molar-refractivity contribution < 1.29 is 9.35 Å². The molecule has 2 fully saturated rings. The van der Waals surface area contributed by atoms with E-state index in [1.54, 1.807) is 6.26 Å². The fourth-order valence-electron chi connectivity index (χ4n) is 5.51. The van der Waals surface area contributed by atoms with Gasteiger partial charge in [-0.15, -0.1) is 0 Å². The lowest BCUT2D eigenvalue weighted by Gasteiger charge is -2.48. The molecule has 1 aromatic carbocycles. The maximum Gasteiger partial charge on any atom is 0.152 e. The van der Waals surface area contributed by atoms with Gasteiger partial charge in [0, 0.05) is 11.8 Å². The van der Waals surface area contributed by atoms with E-state index in [1.807, 2.05) is 6.07 Å². The zero-order valence-corrected chi connectivity index (χ0v) is 14.2. The molecule has 2 saturated carbocycles. The lowest BCUT2D eigenvalue weighted by atomic mass is 9.55. The molecule has 0 aromatic heterocycles. The number of fused-ring (bicyclic) bond motifs is 5. The third-order valence-corrected chi connectivity index (χ3v) is 7.66. The summed E-state index contributed by atoms with van der Waals surface area (Å²) >= 11 is -0.897. The second kappa shape index (κ2) is 5.10. The van der Waals surface area contributed by atoms with Crippen LogP contribution < -0.4 is 0 Å². The first-order chi connectivity index (χ1) is 10.5. The molecule has 3 aliphatic carbocycles. The number of carbonyl (C=O) groups is 1. The van der Waals surface area contributed by atoms with Crippen LogP contribution in [0.3, 0.4) is 0 Å². The third-order valence-electron chi connectivity index (χ3n) is 6.74. The van der Waals surface area contributed by atoms with Crippen LogP contribution in [-0.2, 0) is 22.4 Å². The van der Waals surface area contributed by atoms with Gasteiger partial charge in [-0.05, 0) is 84.3 Å². The molecule has 3 aliphatic rings. The molecule has 0 radical (unpaired) electrons. The number of hydrogen-bond donors (Lipinski definition) is 0. The van der Waals surface area contributed by atoms with E-state index < -0.39 is 11.2 Å². The van der Waals surface area contributed by atoms with E-state index >= 15 is 0 Å². The first kappa shape index (κ1) is 14.8. The highest BCUT2D eigenvalue weighted by atomic mass is 32.2. The van der Waals surface area contributed by atoms with E-state index in [9.17, 15) is 9.35 Å². The van der Waals surface area contributed by atoms with Crippen molar-refractivity contribution >= 4 is 17.0 Å². The van der Waals surface area contributed by atoms with Crippen molar-refractivity contribution in [3.63, 3.8) is 0 Å². The molecule has 0 amide bonds. The lowest BCUT2D eigenvalue weighted by Crippen LogP contribution is -2.42. The number of ketones is 1. The van der Waals surface area contributed by atoms with Gasteiger partial charge in [-0.25, -0.2) is 0 Å². The Balaban J connectivity index is 1.69. The number of aryl methyl sites for hydroxylation is 1. The number of benzene rings is 1. The summed E-state index contributed by atoms with van der Waals surface area (Å²) in [5.41, 5.74) is 2.84. The van der Waals surface area contributed by atoms with Crippen LogP contribution in [0.1, 0.15) is 56.1 Å². The Kier molecular flexibility index (Phi) is 3.43. The molecular weight excluding hydrogens is 292 g/mol. The average Bonchev–Trinajstić information content (AvgIpc) is 2.82.